The molecule has 0 aliphatic carbocycles. The smallest absolute Gasteiger partial charge is 0.126 e. The molecule has 1 N–H and O–H groups in total. The number of hydrogen-bond donors (Lipinski definition) is 1. The van der Waals surface area contributed by atoms with Gasteiger partial charge in [-0.05, 0) is 52.3 Å². The van der Waals surface area contributed by atoms with Crippen LogP contribution in [-0.4, -0.2) is 0 Å². The molecule has 0 amide bonds. The Labute approximate surface area is 117 Å². The van der Waals surface area contributed by atoms with Gasteiger partial charge in [0.1, 0.15) is 5.82 Å². The van der Waals surface area contributed by atoms with Crippen LogP contribution < -0.4 is 5.32 Å². The quantitative estimate of drug-likeness (QED) is 0.856. The zero-order valence-electron chi connectivity index (χ0n) is 9.05. The molecule has 0 aliphatic heterocycles. The monoisotopic (exact) mass is 324 g/mol. The molecule has 0 aliphatic rings. The predicted octanol–water partition coefficient (Wildman–Crippen LogP) is 4.86. The second kappa shape index (κ2) is 5.38. The molecule has 0 bridgehead atoms. The van der Waals surface area contributed by atoms with Gasteiger partial charge < -0.3 is 5.32 Å². The summed E-state index contributed by atoms with van der Waals surface area (Å²) < 4.78 is 14.1. The molecule has 2 aromatic carbocycles. The summed E-state index contributed by atoms with van der Waals surface area (Å²) in [6.45, 7) is 0. The van der Waals surface area contributed by atoms with Gasteiger partial charge in [-0.2, -0.15) is 5.26 Å². The number of halogens is 3. The van der Waals surface area contributed by atoms with Gasteiger partial charge in [0.15, 0.2) is 0 Å². The summed E-state index contributed by atoms with van der Waals surface area (Å²) >= 11 is 9.25. The standard InChI is InChI=1S/C13H7BrClFN2/c14-12-2-1-9(15)5-13(12)18-11-4-8(7-17)3-10(16)6-11/h1-6,18H. The number of nitriles is 1. The second-order valence-electron chi connectivity index (χ2n) is 3.59. The maximum absolute atomic E-state index is 13.3. The summed E-state index contributed by atoms with van der Waals surface area (Å²) in [6.07, 6.45) is 0. The number of hydrogen-bond acceptors (Lipinski definition) is 2. The number of anilines is 2. The summed E-state index contributed by atoms with van der Waals surface area (Å²) in [7, 11) is 0. The highest BCUT2D eigenvalue weighted by Crippen LogP contribution is 2.29. The number of rotatable bonds is 2. The third kappa shape index (κ3) is 3.00. The van der Waals surface area contributed by atoms with Crippen LogP contribution >= 0.6 is 27.5 Å². The molecule has 5 heteroatoms. The Bertz CT molecular complexity index is 637. The molecule has 2 rings (SSSR count). The van der Waals surface area contributed by atoms with Crippen molar-refractivity contribution in [3.63, 3.8) is 0 Å². The van der Waals surface area contributed by atoms with Crippen LogP contribution in [0.5, 0.6) is 0 Å². The fraction of sp³-hybridized carbons (Fsp3) is 0. The molecule has 0 unspecified atom stereocenters. The Morgan fingerprint density at radius 2 is 2.00 bits per heavy atom. The van der Waals surface area contributed by atoms with Gasteiger partial charge in [-0.25, -0.2) is 4.39 Å². The molecule has 90 valence electrons. The van der Waals surface area contributed by atoms with Gasteiger partial charge in [-0.15, -0.1) is 0 Å². The zero-order chi connectivity index (χ0) is 13.1. The Morgan fingerprint density at radius 3 is 2.72 bits per heavy atom. The lowest BCUT2D eigenvalue weighted by Gasteiger charge is -2.09. The highest BCUT2D eigenvalue weighted by Gasteiger charge is 2.04. The van der Waals surface area contributed by atoms with E-state index in [0.717, 1.165) is 4.47 Å². The highest BCUT2D eigenvalue weighted by atomic mass is 79.9. The van der Waals surface area contributed by atoms with Gasteiger partial charge in [0.05, 0.1) is 17.3 Å². The minimum absolute atomic E-state index is 0.260. The Kier molecular flexibility index (Phi) is 3.85. The molecular formula is C13H7BrClFN2. The van der Waals surface area contributed by atoms with E-state index in [1.54, 1.807) is 24.3 Å². The van der Waals surface area contributed by atoms with E-state index in [1.165, 1.54) is 12.1 Å². The minimum Gasteiger partial charge on any atom is -0.354 e. The largest absolute Gasteiger partial charge is 0.354 e. The minimum atomic E-state index is -0.463. The first-order valence-electron chi connectivity index (χ1n) is 5.01. The van der Waals surface area contributed by atoms with Crippen LogP contribution in [0.4, 0.5) is 15.8 Å². The maximum atomic E-state index is 13.3. The highest BCUT2D eigenvalue weighted by molar-refractivity contribution is 9.10. The molecule has 0 spiro atoms. The van der Waals surface area contributed by atoms with Crippen molar-refractivity contribution < 1.29 is 4.39 Å². The van der Waals surface area contributed by atoms with E-state index in [2.05, 4.69) is 21.2 Å². The van der Waals surface area contributed by atoms with Crippen molar-refractivity contribution in [2.75, 3.05) is 5.32 Å². The van der Waals surface area contributed by atoms with Crippen molar-refractivity contribution in [2.24, 2.45) is 0 Å². The molecule has 2 aromatic rings. The van der Waals surface area contributed by atoms with Crippen LogP contribution in [0.2, 0.25) is 5.02 Å². The van der Waals surface area contributed by atoms with Crippen LogP contribution in [0.15, 0.2) is 40.9 Å². The molecule has 0 radical (unpaired) electrons. The number of nitrogens with zero attached hydrogens (tertiary/aromatic N) is 1. The van der Waals surface area contributed by atoms with Crippen molar-refractivity contribution in [1.82, 2.24) is 0 Å². The third-order valence-corrected chi connectivity index (χ3v) is 3.16. The molecule has 0 fully saturated rings. The topological polar surface area (TPSA) is 35.8 Å². The Balaban J connectivity index is 2.37. The predicted molar refractivity (Wildman–Crippen MR) is 73.5 cm³/mol. The lowest BCUT2D eigenvalue weighted by molar-refractivity contribution is 0.628. The van der Waals surface area contributed by atoms with Crippen molar-refractivity contribution >= 4 is 38.9 Å². The fourth-order valence-electron chi connectivity index (χ4n) is 1.48. The summed E-state index contributed by atoms with van der Waals surface area (Å²) in [5, 5.41) is 12.3. The second-order valence-corrected chi connectivity index (χ2v) is 4.88. The van der Waals surface area contributed by atoms with Crippen LogP contribution in [0.3, 0.4) is 0 Å². The summed E-state index contributed by atoms with van der Waals surface area (Å²) in [5.41, 5.74) is 1.46. The molecule has 0 aromatic heterocycles. The summed E-state index contributed by atoms with van der Waals surface area (Å²) in [5.74, 6) is -0.463. The van der Waals surface area contributed by atoms with Crippen molar-refractivity contribution in [1.29, 1.82) is 5.26 Å². The Morgan fingerprint density at radius 1 is 1.22 bits per heavy atom. The number of nitrogens with one attached hydrogen (secondary N) is 1. The fourth-order valence-corrected chi connectivity index (χ4v) is 1.99. The first kappa shape index (κ1) is 12.9. The van der Waals surface area contributed by atoms with Crippen molar-refractivity contribution in [2.45, 2.75) is 0 Å². The van der Waals surface area contributed by atoms with Gasteiger partial charge in [0, 0.05) is 15.2 Å². The molecule has 0 saturated heterocycles. The van der Waals surface area contributed by atoms with Gasteiger partial charge in [-0.3, -0.25) is 0 Å². The molecule has 0 heterocycles. The van der Waals surface area contributed by atoms with Gasteiger partial charge >= 0.3 is 0 Å². The van der Waals surface area contributed by atoms with E-state index in [4.69, 9.17) is 16.9 Å². The first-order valence-corrected chi connectivity index (χ1v) is 6.18. The van der Waals surface area contributed by atoms with E-state index >= 15 is 0 Å². The van der Waals surface area contributed by atoms with Crippen LogP contribution in [0.25, 0.3) is 0 Å². The molecule has 0 saturated carbocycles. The Hall–Kier alpha value is -1.57. The maximum Gasteiger partial charge on any atom is 0.126 e. The summed E-state index contributed by atoms with van der Waals surface area (Å²) in [6, 6.07) is 11.2. The van der Waals surface area contributed by atoms with Gasteiger partial charge in [-0.1, -0.05) is 11.6 Å². The molecular weight excluding hydrogens is 319 g/mol. The molecule has 0 atom stereocenters. The van der Waals surface area contributed by atoms with E-state index in [-0.39, 0.29) is 5.56 Å². The van der Waals surface area contributed by atoms with Crippen molar-refractivity contribution in [3.8, 4) is 6.07 Å². The normalized spacial score (nSPS) is 9.89. The lowest BCUT2D eigenvalue weighted by Crippen LogP contribution is -1.93. The van der Waals surface area contributed by atoms with Crippen molar-refractivity contribution in [3.05, 3.63) is 57.3 Å². The van der Waals surface area contributed by atoms with Gasteiger partial charge in [0.2, 0.25) is 0 Å². The van der Waals surface area contributed by atoms with Gasteiger partial charge in [0.25, 0.3) is 0 Å². The van der Waals surface area contributed by atoms with E-state index < -0.39 is 5.82 Å². The van der Waals surface area contributed by atoms with E-state index in [1.807, 2.05) is 6.07 Å². The lowest BCUT2D eigenvalue weighted by atomic mass is 10.2. The average molecular weight is 326 g/mol. The SMILES string of the molecule is N#Cc1cc(F)cc(Nc2cc(Cl)ccc2Br)c1. The van der Waals surface area contributed by atoms with E-state index in [0.29, 0.717) is 16.4 Å². The number of benzene rings is 2. The molecule has 18 heavy (non-hydrogen) atoms. The van der Waals surface area contributed by atoms with E-state index in [9.17, 15) is 4.39 Å². The summed E-state index contributed by atoms with van der Waals surface area (Å²) in [4.78, 5) is 0. The first-order chi connectivity index (χ1) is 8.58. The van der Waals surface area contributed by atoms with Crippen LogP contribution in [-0.2, 0) is 0 Å². The zero-order valence-corrected chi connectivity index (χ0v) is 11.4. The third-order valence-electron chi connectivity index (χ3n) is 2.23. The van der Waals surface area contributed by atoms with Crippen LogP contribution in [0, 0.1) is 17.1 Å². The van der Waals surface area contributed by atoms with Crippen LogP contribution in [0.1, 0.15) is 5.56 Å². The average Bonchev–Trinajstić information content (AvgIpc) is 2.33. The molecule has 2 nitrogen and oxygen atoms in total.